The van der Waals surface area contributed by atoms with E-state index in [2.05, 4.69) is 0 Å². The molecule has 4 heteroatoms. The second-order valence-corrected chi connectivity index (χ2v) is 11.3. The van der Waals surface area contributed by atoms with E-state index >= 15 is 0 Å². The molecule has 0 amide bonds. The van der Waals surface area contributed by atoms with Crippen molar-refractivity contribution in [1.82, 2.24) is 0 Å². The topological polar surface area (TPSA) is 37.3 Å². The second kappa shape index (κ2) is 8.91. The van der Waals surface area contributed by atoms with Crippen LogP contribution in [-0.4, -0.2) is 10.9 Å². The van der Waals surface area contributed by atoms with Gasteiger partial charge in [-0.15, -0.1) is 11.3 Å². The highest BCUT2D eigenvalue weighted by molar-refractivity contribution is 7.21. The van der Waals surface area contributed by atoms with E-state index in [1.807, 2.05) is 66.7 Å². The monoisotopic (exact) mass is 484 g/mol. The first-order valence-electron chi connectivity index (χ1n) is 12.7. The van der Waals surface area contributed by atoms with Crippen LogP contribution in [-0.2, 0) is 6.42 Å². The van der Waals surface area contributed by atoms with Crippen molar-refractivity contribution in [2.45, 2.75) is 44.9 Å². The molecule has 0 bridgehead atoms. The van der Waals surface area contributed by atoms with E-state index in [-0.39, 0.29) is 34.6 Å². The minimum absolute atomic E-state index is 0.0193. The normalized spacial score (nSPS) is 20.8. The summed E-state index contributed by atoms with van der Waals surface area (Å²) in [4.78, 5) is 14.3. The van der Waals surface area contributed by atoms with Gasteiger partial charge < -0.3 is 5.11 Å². The summed E-state index contributed by atoms with van der Waals surface area (Å²) >= 11 is 1.41. The molecule has 35 heavy (non-hydrogen) atoms. The summed E-state index contributed by atoms with van der Waals surface area (Å²) in [6.45, 7) is 0. The van der Waals surface area contributed by atoms with Crippen molar-refractivity contribution < 1.29 is 14.3 Å². The highest BCUT2D eigenvalue weighted by Gasteiger charge is 2.66. The molecule has 0 saturated heterocycles. The predicted octanol–water partition coefficient (Wildman–Crippen LogP) is 8.43. The largest absolute Gasteiger partial charge is 0.506 e. The maximum absolute atomic E-state index is 14.8. The Labute approximate surface area is 209 Å². The number of benzene rings is 3. The van der Waals surface area contributed by atoms with E-state index in [0.717, 1.165) is 58.9 Å². The smallest absolute Gasteiger partial charge is 0.180 e. The van der Waals surface area contributed by atoms with Crippen LogP contribution in [0.3, 0.4) is 0 Å². The summed E-state index contributed by atoms with van der Waals surface area (Å²) in [6.07, 6.45) is 7.07. The Morgan fingerprint density at radius 1 is 0.943 bits per heavy atom. The molecule has 2 fully saturated rings. The van der Waals surface area contributed by atoms with Gasteiger partial charge in [-0.05, 0) is 78.0 Å². The van der Waals surface area contributed by atoms with E-state index in [9.17, 15) is 14.3 Å². The molecular formula is C31H29FO2S. The van der Waals surface area contributed by atoms with Gasteiger partial charge in [0.1, 0.15) is 16.4 Å². The van der Waals surface area contributed by atoms with Crippen LogP contribution >= 0.6 is 11.3 Å². The number of ketones is 1. The number of aryl methyl sites for hydroxylation is 1. The predicted molar refractivity (Wildman–Crippen MR) is 140 cm³/mol. The molecule has 6 rings (SSSR count). The average Bonchev–Trinajstić information content (AvgIpc) is 3.35. The van der Waals surface area contributed by atoms with Crippen molar-refractivity contribution in [3.63, 3.8) is 0 Å². The summed E-state index contributed by atoms with van der Waals surface area (Å²) in [5.41, 5.74) is 2.84. The Kier molecular flexibility index (Phi) is 5.72. The van der Waals surface area contributed by atoms with E-state index < -0.39 is 0 Å². The van der Waals surface area contributed by atoms with Gasteiger partial charge in [-0.1, -0.05) is 67.8 Å². The van der Waals surface area contributed by atoms with Crippen LogP contribution < -0.4 is 0 Å². The lowest BCUT2D eigenvalue weighted by atomic mass is 9.82. The molecule has 4 aromatic rings. The molecule has 0 aliphatic heterocycles. The fourth-order valence-electron chi connectivity index (χ4n) is 6.59. The fraction of sp³-hybridized carbons (Fsp3) is 0.323. The Balaban J connectivity index is 1.26. The van der Waals surface area contributed by atoms with Crippen LogP contribution in [0.2, 0.25) is 0 Å². The molecule has 1 heterocycles. The Morgan fingerprint density at radius 2 is 1.69 bits per heavy atom. The SMILES string of the molecule is O=C(c1sc2ccccc2c1O)C1C(CCc2cc(-c3ccccc3)ccc2F)C12CCCCC2. The molecule has 178 valence electrons. The molecule has 2 aliphatic carbocycles. The number of fused-ring (bicyclic) bond motifs is 1. The van der Waals surface area contributed by atoms with Gasteiger partial charge >= 0.3 is 0 Å². The van der Waals surface area contributed by atoms with Crippen molar-refractivity contribution in [1.29, 1.82) is 0 Å². The van der Waals surface area contributed by atoms with E-state index in [4.69, 9.17) is 0 Å². The third-order valence-electron chi connectivity index (χ3n) is 8.39. The number of thiophene rings is 1. The molecule has 2 atom stereocenters. The van der Waals surface area contributed by atoms with E-state index in [0.29, 0.717) is 11.3 Å². The van der Waals surface area contributed by atoms with Crippen molar-refractivity contribution in [2.24, 2.45) is 17.3 Å². The number of hydrogen-bond donors (Lipinski definition) is 1. The summed E-state index contributed by atoms with van der Waals surface area (Å²) in [5.74, 6) is 0.234. The zero-order valence-electron chi connectivity index (χ0n) is 19.7. The van der Waals surface area contributed by atoms with Crippen LogP contribution in [0.4, 0.5) is 4.39 Å². The number of carbonyl (C=O) groups is 1. The minimum atomic E-state index is -0.173. The first-order chi connectivity index (χ1) is 17.1. The highest BCUT2D eigenvalue weighted by atomic mass is 32.1. The molecule has 2 nitrogen and oxygen atoms in total. The number of rotatable bonds is 6. The van der Waals surface area contributed by atoms with Gasteiger partial charge in [0.25, 0.3) is 0 Å². The van der Waals surface area contributed by atoms with Crippen LogP contribution in [0.25, 0.3) is 21.2 Å². The van der Waals surface area contributed by atoms with Gasteiger partial charge in [0.2, 0.25) is 0 Å². The first kappa shape index (κ1) is 22.5. The standard InChI is InChI=1S/C31H29FO2S/c32-25-16-14-21(20-9-3-1-4-10-20)19-22(25)13-15-24-27(31(24)17-7-2-8-18-31)29(34)30-28(33)23-11-5-6-12-26(23)35-30/h1,3-6,9-12,14,16,19,24,27,33H,2,7-8,13,15,17-18H2. The number of carbonyl (C=O) groups excluding carboxylic acids is 1. The molecule has 0 radical (unpaired) electrons. The number of Topliss-reactive ketones (excluding diaryl/α,β-unsaturated/α-hetero) is 1. The molecule has 2 aliphatic rings. The average molecular weight is 485 g/mol. The quantitative estimate of drug-likeness (QED) is 0.279. The van der Waals surface area contributed by atoms with E-state index in [1.165, 1.54) is 17.8 Å². The fourth-order valence-corrected chi connectivity index (χ4v) is 7.67. The van der Waals surface area contributed by atoms with Gasteiger partial charge in [-0.3, -0.25) is 4.79 Å². The van der Waals surface area contributed by atoms with Crippen LogP contribution in [0, 0.1) is 23.1 Å². The summed E-state index contributed by atoms with van der Waals surface area (Å²) < 4.78 is 15.7. The number of halogens is 1. The van der Waals surface area contributed by atoms with Gasteiger partial charge in [0.05, 0.1) is 0 Å². The Morgan fingerprint density at radius 3 is 2.46 bits per heavy atom. The van der Waals surface area contributed by atoms with Crippen LogP contribution in [0.15, 0.2) is 72.8 Å². The van der Waals surface area contributed by atoms with Crippen molar-refractivity contribution in [3.8, 4) is 16.9 Å². The lowest BCUT2D eigenvalue weighted by Crippen LogP contribution is -2.14. The van der Waals surface area contributed by atoms with Crippen molar-refractivity contribution in [3.05, 3.63) is 89.1 Å². The van der Waals surface area contributed by atoms with Crippen molar-refractivity contribution in [2.75, 3.05) is 0 Å². The van der Waals surface area contributed by atoms with Gasteiger partial charge in [0, 0.05) is 16.0 Å². The molecule has 2 saturated carbocycles. The van der Waals surface area contributed by atoms with Gasteiger partial charge in [-0.25, -0.2) is 4.39 Å². The summed E-state index contributed by atoms with van der Waals surface area (Å²) in [6, 6.07) is 23.1. The van der Waals surface area contributed by atoms with E-state index in [1.54, 1.807) is 6.07 Å². The Hall–Kier alpha value is -2.98. The molecule has 3 aromatic carbocycles. The molecule has 1 aromatic heterocycles. The summed E-state index contributed by atoms with van der Waals surface area (Å²) in [5, 5.41) is 11.6. The molecule has 2 unspecified atom stereocenters. The second-order valence-electron chi connectivity index (χ2n) is 10.2. The van der Waals surface area contributed by atoms with Crippen molar-refractivity contribution >= 4 is 27.2 Å². The maximum Gasteiger partial charge on any atom is 0.180 e. The zero-order chi connectivity index (χ0) is 24.0. The molecular weight excluding hydrogens is 455 g/mol. The van der Waals surface area contributed by atoms with Crippen LogP contribution in [0.5, 0.6) is 5.75 Å². The minimum Gasteiger partial charge on any atom is -0.506 e. The van der Waals surface area contributed by atoms with Crippen LogP contribution in [0.1, 0.15) is 53.8 Å². The highest BCUT2D eigenvalue weighted by Crippen LogP contribution is 2.69. The van der Waals surface area contributed by atoms with Gasteiger partial charge in [0.15, 0.2) is 5.78 Å². The molecule has 1 spiro atoms. The third kappa shape index (κ3) is 3.88. The zero-order valence-corrected chi connectivity index (χ0v) is 20.5. The Bertz CT molecular complexity index is 1380. The first-order valence-corrected chi connectivity index (χ1v) is 13.5. The molecule has 1 N–H and O–H groups in total. The maximum atomic E-state index is 14.8. The lowest BCUT2D eigenvalue weighted by molar-refractivity contribution is 0.0939. The number of aromatic hydroxyl groups is 1. The van der Waals surface area contributed by atoms with Gasteiger partial charge in [-0.2, -0.15) is 0 Å². The third-order valence-corrected chi connectivity index (χ3v) is 9.56. The lowest BCUT2D eigenvalue weighted by Gasteiger charge is -2.23. The summed E-state index contributed by atoms with van der Waals surface area (Å²) in [7, 11) is 0. The number of hydrogen-bond acceptors (Lipinski definition) is 3.